The highest BCUT2D eigenvalue weighted by atomic mass is 32.1. The molecule has 0 aliphatic heterocycles. The third-order valence-corrected chi connectivity index (χ3v) is 3.74. The van der Waals surface area contributed by atoms with Gasteiger partial charge in [-0.15, -0.1) is 0 Å². The second kappa shape index (κ2) is 11.7. The van der Waals surface area contributed by atoms with E-state index in [9.17, 15) is 4.79 Å². The van der Waals surface area contributed by atoms with Gasteiger partial charge in [0.15, 0.2) is 5.11 Å². The SMILES string of the molecule is C=CCOc1ccccc1NC(=S)NC(=O)c1ccccc1OCCOCC. The standard InChI is InChI=1S/C21H24N2O4S/c1-3-13-26-19-12-8-6-10-17(19)22-21(28)23-20(24)16-9-5-7-11-18(16)27-15-14-25-4-2/h3,5-12H,1,4,13-15H2,2H3,(H2,22,23,24,28). The number of anilines is 1. The van der Waals surface area contributed by atoms with E-state index in [1.807, 2.05) is 25.1 Å². The minimum absolute atomic E-state index is 0.156. The Balaban J connectivity index is 1.99. The van der Waals surface area contributed by atoms with E-state index in [4.69, 9.17) is 26.4 Å². The molecule has 0 saturated heterocycles. The summed E-state index contributed by atoms with van der Waals surface area (Å²) in [6.07, 6.45) is 1.65. The van der Waals surface area contributed by atoms with Crippen molar-refractivity contribution in [3.05, 3.63) is 66.7 Å². The molecule has 6 nitrogen and oxygen atoms in total. The first-order chi connectivity index (χ1) is 13.7. The fraction of sp³-hybridized carbons (Fsp3) is 0.238. The fourth-order valence-electron chi connectivity index (χ4n) is 2.30. The molecule has 0 bridgehead atoms. The summed E-state index contributed by atoms with van der Waals surface area (Å²) < 4.78 is 16.5. The van der Waals surface area contributed by atoms with Crippen LogP contribution in [0, 0.1) is 0 Å². The number of rotatable bonds is 10. The predicted molar refractivity (Wildman–Crippen MR) is 114 cm³/mol. The Morgan fingerprint density at radius 1 is 1.07 bits per heavy atom. The van der Waals surface area contributed by atoms with Gasteiger partial charge in [0.25, 0.3) is 5.91 Å². The van der Waals surface area contributed by atoms with Gasteiger partial charge < -0.3 is 19.5 Å². The molecule has 0 atom stereocenters. The van der Waals surface area contributed by atoms with E-state index < -0.39 is 0 Å². The van der Waals surface area contributed by atoms with Gasteiger partial charge in [0.05, 0.1) is 17.9 Å². The Morgan fingerprint density at radius 2 is 1.79 bits per heavy atom. The number of amides is 1. The van der Waals surface area contributed by atoms with Crippen molar-refractivity contribution < 1.29 is 19.0 Å². The van der Waals surface area contributed by atoms with E-state index in [2.05, 4.69) is 17.2 Å². The van der Waals surface area contributed by atoms with Crippen LogP contribution >= 0.6 is 12.2 Å². The predicted octanol–water partition coefficient (Wildman–Crippen LogP) is 3.79. The molecule has 0 aliphatic rings. The first-order valence-corrected chi connectivity index (χ1v) is 9.31. The van der Waals surface area contributed by atoms with Crippen molar-refractivity contribution in [2.24, 2.45) is 0 Å². The molecule has 0 aliphatic carbocycles. The minimum Gasteiger partial charge on any atom is -0.490 e. The zero-order valence-electron chi connectivity index (χ0n) is 15.8. The number of hydrogen-bond acceptors (Lipinski definition) is 5. The van der Waals surface area contributed by atoms with Crippen LogP contribution in [-0.2, 0) is 4.74 Å². The maximum absolute atomic E-state index is 12.6. The molecule has 2 aromatic rings. The quantitative estimate of drug-likeness (QED) is 0.359. The van der Waals surface area contributed by atoms with Crippen LogP contribution in [0.25, 0.3) is 0 Å². The molecule has 0 fully saturated rings. The lowest BCUT2D eigenvalue weighted by Crippen LogP contribution is -2.34. The van der Waals surface area contributed by atoms with Gasteiger partial charge in [0.2, 0.25) is 0 Å². The maximum Gasteiger partial charge on any atom is 0.261 e. The van der Waals surface area contributed by atoms with Crippen molar-refractivity contribution in [2.75, 3.05) is 31.7 Å². The number of ether oxygens (including phenoxy) is 3. The van der Waals surface area contributed by atoms with Crippen LogP contribution in [0.1, 0.15) is 17.3 Å². The number of carbonyl (C=O) groups excluding carboxylic acids is 1. The van der Waals surface area contributed by atoms with Gasteiger partial charge in [-0.2, -0.15) is 0 Å². The molecule has 2 rings (SSSR count). The van der Waals surface area contributed by atoms with E-state index in [0.29, 0.717) is 49.2 Å². The molecule has 2 N–H and O–H groups in total. The Bertz CT molecular complexity index is 810. The largest absolute Gasteiger partial charge is 0.490 e. The molecule has 0 spiro atoms. The second-order valence-electron chi connectivity index (χ2n) is 5.55. The Morgan fingerprint density at radius 3 is 2.54 bits per heavy atom. The molecule has 7 heteroatoms. The second-order valence-corrected chi connectivity index (χ2v) is 5.95. The van der Waals surface area contributed by atoms with Gasteiger partial charge in [0.1, 0.15) is 24.7 Å². The number of para-hydroxylation sites is 3. The van der Waals surface area contributed by atoms with Gasteiger partial charge in [-0.05, 0) is 43.4 Å². The minimum atomic E-state index is -0.367. The monoisotopic (exact) mass is 400 g/mol. The fourth-order valence-corrected chi connectivity index (χ4v) is 2.51. The summed E-state index contributed by atoms with van der Waals surface area (Å²) in [5, 5.41) is 5.80. The number of thiocarbonyl (C=S) groups is 1. The smallest absolute Gasteiger partial charge is 0.261 e. The average Bonchev–Trinajstić information content (AvgIpc) is 2.70. The zero-order valence-corrected chi connectivity index (χ0v) is 16.6. The Labute approximate surface area is 170 Å². The Hall–Kier alpha value is -2.90. The molecule has 148 valence electrons. The number of benzene rings is 2. The van der Waals surface area contributed by atoms with E-state index in [1.165, 1.54) is 0 Å². The molecule has 2 aromatic carbocycles. The van der Waals surface area contributed by atoms with Crippen molar-refractivity contribution in [3.63, 3.8) is 0 Å². The lowest BCUT2D eigenvalue weighted by Gasteiger charge is -2.15. The van der Waals surface area contributed by atoms with Crippen LogP contribution in [0.15, 0.2) is 61.2 Å². The van der Waals surface area contributed by atoms with Gasteiger partial charge >= 0.3 is 0 Å². The molecular weight excluding hydrogens is 376 g/mol. The van der Waals surface area contributed by atoms with Gasteiger partial charge in [-0.1, -0.05) is 36.9 Å². The van der Waals surface area contributed by atoms with Crippen molar-refractivity contribution in [1.82, 2.24) is 5.32 Å². The third kappa shape index (κ3) is 6.68. The van der Waals surface area contributed by atoms with Crippen LogP contribution in [-0.4, -0.2) is 37.4 Å². The topological polar surface area (TPSA) is 68.8 Å². The van der Waals surface area contributed by atoms with Crippen LogP contribution in [0.5, 0.6) is 11.5 Å². The van der Waals surface area contributed by atoms with Crippen LogP contribution < -0.4 is 20.1 Å². The number of hydrogen-bond donors (Lipinski definition) is 2. The van der Waals surface area contributed by atoms with E-state index in [0.717, 1.165) is 0 Å². The summed E-state index contributed by atoms with van der Waals surface area (Å²) in [5.74, 6) is 0.713. The highest BCUT2D eigenvalue weighted by Gasteiger charge is 2.14. The van der Waals surface area contributed by atoms with Crippen molar-refractivity contribution >= 4 is 28.9 Å². The first-order valence-electron chi connectivity index (χ1n) is 8.90. The summed E-state index contributed by atoms with van der Waals surface area (Å²) in [6.45, 7) is 7.33. The summed E-state index contributed by atoms with van der Waals surface area (Å²) in [4.78, 5) is 12.6. The van der Waals surface area contributed by atoms with Crippen LogP contribution in [0.2, 0.25) is 0 Å². The third-order valence-electron chi connectivity index (χ3n) is 3.54. The van der Waals surface area contributed by atoms with Crippen molar-refractivity contribution in [1.29, 1.82) is 0 Å². The van der Waals surface area contributed by atoms with Crippen LogP contribution in [0.4, 0.5) is 5.69 Å². The summed E-state index contributed by atoms with van der Waals surface area (Å²) in [5.41, 5.74) is 1.04. The van der Waals surface area contributed by atoms with Gasteiger partial charge in [0, 0.05) is 6.61 Å². The molecule has 0 radical (unpaired) electrons. The normalized spacial score (nSPS) is 10.0. The summed E-state index contributed by atoms with van der Waals surface area (Å²) in [6, 6.07) is 14.3. The van der Waals surface area contributed by atoms with Crippen molar-refractivity contribution in [2.45, 2.75) is 6.92 Å². The van der Waals surface area contributed by atoms with Gasteiger partial charge in [-0.3, -0.25) is 10.1 Å². The molecule has 1 amide bonds. The summed E-state index contributed by atoms with van der Waals surface area (Å²) >= 11 is 5.27. The Kier molecular flexibility index (Phi) is 8.97. The van der Waals surface area contributed by atoms with E-state index in [1.54, 1.807) is 36.4 Å². The highest BCUT2D eigenvalue weighted by molar-refractivity contribution is 7.80. The number of nitrogens with one attached hydrogen (secondary N) is 2. The van der Waals surface area contributed by atoms with Crippen LogP contribution in [0.3, 0.4) is 0 Å². The first kappa shape index (κ1) is 21.4. The molecule has 0 heterocycles. The van der Waals surface area contributed by atoms with Gasteiger partial charge in [-0.25, -0.2) is 0 Å². The molecule has 0 saturated carbocycles. The highest BCUT2D eigenvalue weighted by Crippen LogP contribution is 2.24. The van der Waals surface area contributed by atoms with Crippen molar-refractivity contribution in [3.8, 4) is 11.5 Å². The molecule has 0 unspecified atom stereocenters. The lowest BCUT2D eigenvalue weighted by atomic mass is 10.2. The number of carbonyl (C=O) groups is 1. The average molecular weight is 401 g/mol. The lowest BCUT2D eigenvalue weighted by molar-refractivity contribution is 0.0958. The molecule has 0 aromatic heterocycles. The molecule has 28 heavy (non-hydrogen) atoms. The van der Waals surface area contributed by atoms with E-state index in [-0.39, 0.29) is 11.0 Å². The molecular formula is C21H24N2O4S. The van der Waals surface area contributed by atoms with E-state index >= 15 is 0 Å². The summed E-state index contributed by atoms with van der Waals surface area (Å²) in [7, 11) is 0. The zero-order chi connectivity index (χ0) is 20.2. The maximum atomic E-state index is 12.6.